The van der Waals surface area contributed by atoms with Gasteiger partial charge >= 0.3 is 0 Å². The van der Waals surface area contributed by atoms with Gasteiger partial charge in [0.25, 0.3) is 0 Å². The fraction of sp³-hybridized carbons (Fsp3) is 0.727. The van der Waals surface area contributed by atoms with Crippen LogP contribution in [0.3, 0.4) is 0 Å². The lowest BCUT2D eigenvalue weighted by atomic mass is 10.2. The molecule has 0 aliphatic rings. The summed E-state index contributed by atoms with van der Waals surface area (Å²) >= 11 is 0. The van der Waals surface area contributed by atoms with Gasteiger partial charge in [0, 0.05) is 32.0 Å². The summed E-state index contributed by atoms with van der Waals surface area (Å²) in [6, 6.07) is 0. The second-order valence-electron chi connectivity index (χ2n) is 3.56. The molecule has 86 valence electrons. The van der Waals surface area contributed by atoms with Crippen molar-refractivity contribution in [3.05, 3.63) is 18.2 Å². The monoisotopic (exact) mass is 212 g/mol. The Balaban J connectivity index is 2.33. The Bertz CT molecular complexity index is 273. The van der Waals surface area contributed by atoms with E-state index in [2.05, 4.69) is 18.8 Å². The third-order valence-corrected chi connectivity index (χ3v) is 2.22. The average Bonchev–Trinajstić information content (AvgIpc) is 2.65. The summed E-state index contributed by atoms with van der Waals surface area (Å²) in [4.78, 5) is 4.20. The zero-order chi connectivity index (χ0) is 11.1. The van der Waals surface area contributed by atoms with Gasteiger partial charge in [-0.3, -0.25) is 0 Å². The molecule has 1 heterocycles. The average molecular weight is 212 g/mol. The molecule has 0 aliphatic carbocycles. The van der Waals surface area contributed by atoms with Gasteiger partial charge in [0.15, 0.2) is 0 Å². The predicted octanol–water partition coefficient (Wildman–Crippen LogP) is 1.23. The van der Waals surface area contributed by atoms with Gasteiger partial charge in [0.05, 0.1) is 12.7 Å². The van der Waals surface area contributed by atoms with Gasteiger partial charge in [-0.15, -0.1) is 0 Å². The topological polar surface area (TPSA) is 47.3 Å². The summed E-state index contributed by atoms with van der Waals surface area (Å²) < 4.78 is 7.31. The highest BCUT2D eigenvalue weighted by Crippen LogP contribution is 2.02. The molecule has 4 nitrogen and oxygen atoms in total. The first-order valence-electron chi connectivity index (χ1n) is 5.53. The van der Waals surface area contributed by atoms with Crippen LogP contribution in [0.4, 0.5) is 0 Å². The quantitative estimate of drug-likeness (QED) is 0.692. The molecular weight excluding hydrogens is 192 g/mol. The van der Waals surface area contributed by atoms with Crippen molar-refractivity contribution in [2.24, 2.45) is 0 Å². The normalized spacial score (nSPS) is 13.0. The Morgan fingerprint density at radius 3 is 3.00 bits per heavy atom. The first-order chi connectivity index (χ1) is 7.27. The summed E-state index contributed by atoms with van der Waals surface area (Å²) in [6.07, 6.45) is 4.78. The SMILES string of the molecule is CCCOCC(O)Cc1nccn1CC. The molecule has 1 N–H and O–H groups in total. The number of ether oxygens (including phenoxy) is 1. The van der Waals surface area contributed by atoms with Gasteiger partial charge in [0.2, 0.25) is 0 Å². The van der Waals surface area contributed by atoms with Crippen LogP contribution < -0.4 is 0 Å². The van der Waals surface area contributed by atoms with Gasteiger partial charge in [-0.25, -0.2) is 4.98 Å². The van der Waals surface area contributed by atoms with Crippen LogP contribution in [-0.4, -0.2) is 34.0 Å². The zero-order valence-corrected chi connectivity index (χ0v) is 9.52. The minimum absolute atomic E-state index is 0.393. The maximum Gasteiger partial charge on any atom is 0.111 e. The van der Waals surface area contributed by atoms with Crippen molar-refractivity contribution < 1.29 is 9.84 Å². The molecule has 0 amide bonds. The highest BCUT2D eigenvalue weighted by atomic mass is 16.5. The van der Waals surface area contributed by atoms with Crippen LogP contribution in [0.5, 0.6) is 0 Å². The Labute approximate surface area is 90.9 Å². The molecule has 0 radical (unpaired) electrons. The summed E-state index contributed by atoms with van der Waals surface area (Å²) in [5.74, 6) is 0.921. The maximum atomic E-state index is 9.69. The molecule has 1 unspecified atom stereocenters. The molecule has 1 rings (SSSR count). The van der Waals surface area contributed by atoms with Crippen molar-refractivity contribution in [1.29, 1.82) is 0 Å². The Hall–Kier alpha value is -0.870. The van der Waals surface area contributed by atoms with E-state index in [1.54, 1.807) is 6.20 Å². The molecule has 15 heavy (non-hydrogen) atoms. The molecule has 1 aromatic heterocycles. The summed E-state index contributed by atoms with van der Waals surface area (Å²) in [5.41, 5.74) is 0. The van der Waals surface area contributed by atoms with Crippen molar-refractivity contribution in [3.63, 3.8) is 0 Å². The molecule has 1 atom stereocenters. The van der Waals surface area contributed by atoms with Crippen LogP contribution in [0, 0.1) is 0 Å². The summed E-state index contributed by atoms with van der Waals surface area (Å²) in [5, 5.41) is 9.69. The number of aliphatic hydroxyl groups is 1. The van der Waals surface area contributed by atoms with E-state index in [9.17, 15) is 5.11 Å². The van der Waals surface area contributed by atoms with Gasteiger partial charge in [-0.05, 0) is 13.3 Å². The van der Waals surface area contributed by atoms with E-state index in [-0.39, 0.29) is 0 Å². The van der Waals surface area contributed by atoms with Crippen molar-refractivity contribution in [2.45, 2.75) is 39.3 Å². The first-order valence-corrected chi connectivity index (χ1v) is 5.53. The van der Waals surface area contributed by atoms with Crippen molar-refractivity contribution in [1.82, 2.24) is 9.55 Å². The van der Waals surface area contributed by atoms with E-state index in [1.165, 1.54) is 0 Å². The number of imidazole rings is 1. The van der Waals surface area contributed by atoms with Crippen molar-refractivity contribution in [3.8, 4) is 0 Å². The standard InChI is InChI=1S/C11H20N2O2/c1-3-7-15-9-10(14)8-11-12-5-6-13(11)4-2/h5-6,10,14H,3-4,7-9H2,1-2H3. The highest BCUT2D eigenvalue weighted by Gasteiger charge is 2.09. The van der Waals surface area contributed by atoms with Crippen molar-refractivity contribution >= 4 is 0 Å². The second kappa shape index (κ2) is 6.58. The Morgan fingerprint density at radius 1 is 1.53 bits per heavy atom. The Kier molecular flexibility index (Phi) is 5.36. The first kappa shape index (κ1) is 12.2. The summed E-state index contributed by atoms with van der Waals surface area (Å²) in [6.45, 7) is 6.10. The molecule has 0 aromatic carbocycles. The van der Waals surface area contributed by atoms with Gasteiger partial charge in [-0.2, -0.15) is 0 Å². The number of aryl methyl sites for hydroxylation is 1. The molecule has 0 fully saturated rings. The number of aromatic nitrogens is 2. The molecule has 0 saturated heterocycles. The van der Waals surface area contributed by atoms with Crippen LogP contribution in [0.2, 0.25) is 0 Å². The number of nitrogens with zero attached hydrogens (tertiary/aromatic N) is 2. The molecule has 0 aliphatic heterocycles. The summed E-state index contributed by atoms with van der Waals surface area (Å²) in [7, 11) is 0. The van der Waals surface area contributed by atoms with Crippen LogP contribution in [0.25, 0.3) is 0 Å². The van der Waals surface area contributed by atoms with Crippen LogP contribution in [-0.2, 0) is 17.7 Å². The molecule has 0 saturated carbocycles. The van der Waals surface area contributed by atoms with Crippen LogP contribution >= 0.6 is 0 Å². The third kappa shape index (κ3) is 4.01. The largest absolute Gasteiger partial charge is 0.390 e. The number of hydrogen-bond acceptors (Lipinski definition) is 3. The van der Waals surface area contributed by atoms with Gasteiger partial charge < -0.3 is 14.4 Å². The van der Waals surface area contributed by atoms with Gasteiger partial charge in [0.1, 0.15) is 5.82 Å². The number of aliphatic hydroxyl groups excluding tert-OH is 1. The zero-order valence-electron chi connectivity index (χ0n) is 9.52. The lowest BCUT2D eigenvalue weighted by molar-refractivity contribution is 0.0361. The predicted molar refractivity (Wildman–Crippen MR) is 58.7 cm³/mol. The molecular formula is C11H20N2O2. The van der Waals surface area contributed by atoms with E-state index in [0.717, 1.165) is 18.8 Å². The number of hydrogen-bond donors (Lipinski definition) is 1. The molecule has 0 bridgehead atoms. The van der Waals surface area contributed by atoms with E-state index in [0.29, 0.717) is 19.6 Å². The lowest BCUT2D eigenvalue weighted by Gasteiger charge is -2.11. The second-order valence-corrected chi connectivity index (χ2v) is 3.56. The van der Waals surface area contributed by atoms with E-state index in [4.69, 9.17) is 4.74 Å². The van der Waals surface area contributed by atoms with Crippen LogP contribution in [0.1, 0.15) is 26.1 Å². The van der Waals surface area contributed by atoms with E-state index in [1.807, 2.05) is 10.8 Å². The maximum absolute atomic E-state index is 9.69. The van der Waals surface area contributed by atoms with E-state index < -0.39 is 6.10 Å². The van der Waals surface area contributed by atoms with Crippen LogP contribution in [0.15, 0.2) is 12.4 Å². The van der Waals surface area contributed by atoms with Gasteiger partial charge in [-0.1, -0.05) is 6.92 Å². The molecule has 1 aromatic rings. The Morgan fingerprint density at radius 2 is 2.33 bits per heavy atom. The minimum atomic E-state index is -0.454. The third-order valence-electron chi connectivity index (χ3n) is 2.22. The molecule has 0 spiro atoms. The van der Waals surface area contributed by atoms with E-state index >= 15 is 0 Å². The number of rotatable bonds is 7. The minimum Gasteiger partial charge on any atom is -0.390 e. The smallest absolute Gasteiger partial charge is 0.111 e. The lowest BCUT2D eigenvalue weighted by Crippen LogP contribution is -2.20. The fourth-order valence-corrected chi connectivity index (χ4v) is 1.45. The molecule has 4 heteroatoms. The highest BCUT2D eigenvalue weighted by molar-refractivity contribution is 4.93. The van der Waals surface area contributed by atoms with Crippen molar-refractivity contribution in [2.75, 3.05) is 13.2 Å². The fourth-order valence-electron chi connectivity index (χ4n) is 1.45.